The van der Waals surface area contributed by atoms with Crippen molar-refractivity contribution < 1.29 is 4.79 Å². The molecule has 0 fully saturated rings. The van der Waals surface area contributed by atoms with Crippen molar-refractivity contribution in [2.45, 2.75) is 0 Å². The highest BCUT2D eigenvalue weighted by Crippen LogP contribution is 2.15. The van der Waals surface area contributed by atoms with Crippen molar-refractivity contribution in [3.63, 3.8) is 0 Å². The van der Waals surface area contributed by atoms with Crippen LogP contribution in [0.3, 0.4) is 0 Å². The summed E-state index contributed by atoms with van der Waals surface area (Å²) in [7, 11) is 0. The van der Waals surface area contributed by atoms with Crippen LogP contribution in [-0.2, 0) is 0 Å². The summed E-state index contributed by atoms with van der Waals surface area (Å²) in [5.41, 5.74) is 5.22. The van der Waals surface area contributed by atoms with Gasteiger partial charge in [0.15, 0.2) is 0 Å². The van der Waals surface area contributed by atoms with Gasteiger partial charge < -0.3 is 5.73 Å². The van der Waals surface area contributed by atoms with Crippen molar-refractivity contribution in [1.82, 2.24) is 4.37 Å². The van der Waals surface area contributed by atoms with Crippen LogP contribution in [0.1, 0.15) is 10.5 Å². The van der Waals surface area contributed by atoms with Crippen molar-refractivity contribution in [1.29, 1.82) is 0 Å². The standard InChI is InChI=1S/C4H3BrN2OS/c5-3-1-2(4(6)8)7-9-3/h1H,(H2,6,8). The second-order valence-corrected chi connectivity index (χ2v) is 3.56. The molecule has 0 aliphatic rings. The second kappa shape index (κ2) is 2.45. The number of nitrogens with zero attached hydrogens (tertiary/aromatic N) is 1. The number of aromatic nitrogens is 1. The van der Waals surface area contributed by atoms with Crippen LogP contribution < -0.4 is 5.73 Å². The van der Waals surface area contributed by atoms with Gasteiger partial charge in [0.2, 0.25) is 0 Å². The highest BCUT2D eigenvalue weighted by molar-refractivity contribution is 9.11. The molecular formula is C4H3BrN2OS. The van der Waals surface area contributed by atoms with Gasteiger partial charge in [0.25, 0.3) is 5.91 Å². The smallest absolute Gasteiger partial charge is 0.268 e. The van der Waals surface area contributed by atoms with E-state index in [1.165, 1.54) is 11.5 Å². The minimum Gasteiger partial charge on any atom is -0.364 e. The summed E-state index contributed by atoms with van der Waals surface area (Å²) in [5, 5.41) is 0. The Kier molecular flexibility index (Phi) is 1.82. The normalized spacial score (nSPS) is 9.44. The van der Waals surface area contributed by atoms with Crippen LogP contribution in [0.2, 0.25) is 0 Å². The first-order chi connectivity index (χ1) is 4.20. The van der Waals surface area contributed by atoms with Crippen LogP contribution in [0.25, 0.3) is 0 Å². The Balaban J connectivity index is 2.98. The van der Waals surface area contributed by atoms with Crippen LogP contribution in [0.15, 0.2) is 9.85 Å². The third-order valence-corrected chi connectivity index (χ3v) is 1.98. The molecule has 3 nitrogen and oxygen atoms in total. The van der Waals surface area contributed by atoms with Crippen LogP contribution >= 0.6 is 27.5 Å². The number of nitrogens with two attached hydrogens (primary N) is 1. The van der Waals surface area contributed by atoms with Gasteiger partial charge in [0.1, 0.15) is 5.69 Å². The largest absolute Gasteiger partial charge is 0.364 e. The average Bonchev–Trinajstić information content (AvgIpc) is 2.14. The molecule has 1 amide bonds. The first-order valence-corrected chi connectivity index (χ1v) is 3.69. The van der Waals surface area contributed by atoms with Gasteiger partial charge in [-0.05, 0) is 33.5 Å². The topological polar surface area (TPSA) is 56.0 Å². The quantitative estimate of drug-likeness (QED) is 0.746. The number of hydrogen-bond acceptors (Lipinski definition) is 3. The lowest BCUT2D eigenvalue weighted by molar-refractivity contribution is 0.0996. The number of primary amides is 1. The van der Waals surface area contributed by atoms with Gasteiger partial charge in [-0.25, -0.2) is 0 Å². The fourth-order valence-electron chi connectivity index (χ4n) is 0.369. The molecule has 0 bridgehead atoms. The molecule has 1 heterocycles. The van der Waals surface area contributed by atoms with Gasteiger partial charge in [-0.3, -0.25) is 4.79 Å². The lowest BCUT2D eigenvalue weighted by atomic mass is 10.4. The van der Waals surface area contributed by atoms with E-state index in [4.69, 9.17) is 5.73 Å². The third kappa shape index (κ3) is 1.49. The Morgan fingerprint density at radius 1 is 1.89 bits per heavy atom. The molecule has 1 aromatic heterocycles. The van der Waals surface area contributed by atoms with Crippen LogP contribution in [0.5, 0.6) is 0 Å². The molecule has 0 unspecified atom stereocenters. The molecule has 1 aromatic rings. The monoisotopic (exact) mass is 206 g/mol. The minimum atomic E-state index is -0.489. The zero-order valence-electron chi connectivity index (χ0n) is 4.30. The maximum absolute atomic E-state index is 10.4. The van der Waals surface area contributed by atoms with E-state index in [9.17, 15) is 4.79 Å². The van der Waals surface area contributed by atoms with Crippen LogP contribution in [0.4, 0.5) is 0 Å². The maximum atomic E-state index is 10.4. The van der Waals surface area contributed by atoms with E-state index in [-0.39, 0.29) is 0 Å². The van der Waals surface area contributed by atoms with Crippen molar-refractivity contribution in [2.24, 2.45) is 5.73 Å². The highest BCUT2D eigenvalue weighted by atomic mass is 79.9. The number of halogens is 1. The zero-order chi connectivity index (χ0) is 6.85. The third-order valence-electron chi connectivity index (χ3n) is 0.734. The lowest BCUT2D eigenvalue weighted by Gasteiger charge is -1.79. The van der Waals surface area contributed by atoms with Gasteiger partial charge >= 0.3 is 0 Å². The van der Waals surface area contributed by atoms with Gasteiger partial charge in [-0.1, -0.05) is 0 Å². The molecule has 2 N–H and O–H groups in total. The predicted octanol–water partition coefficient (Wildman–Crippen LogP) is 1.00. The van der Waals surface area contributed by atoms with E-state index in [1.807, 2.05) is 0 Å². The lowest BCUT2D eigenvalue weighted by Crippen LogP contribution is -2.10. The Labute approximate surface area is 64.2 Å². The summed E-state index contributed by atoms with van der Waals surface area (Å²) in [4.78, 5) is 10.4. The number of hydrogen-bond donors (Lipinski definition) is 1. The SMILES string of the molecule is NC(=O)c1cc(Br)sn1. The van der Waals surface area contributed by atoms with Crippen molar-refractivity contribution in [3.05, 3.63) is 15.5 Å². The Bertz CT molecular complexity index is 234. The molecule has 0 saturated heterocycles. The summed E-state index contributed by atoms with van der Waals surface area (Å²) >= 11 is 4.35. The predicted molar refractivity (Wildman–Crippen MR) is 38.3 cm³/mol. The molecule has 0 saturated carbocycles. The fraction of sp³-hybridized carbons (Fsp3) is 0. The Morgan fingerprint density at radius 3 is 2.78 bits per heavy atom. The molecule has 1 rings (SSSR count). The van der Waals surface area contributed by atoms with Crippen LogP contribution in [0, 0.1) is 0 Å². The number of rotatable bonds is 1. The highest BCUT2D eigenvalue weighted by Gasteiger charge is 2.03. The summed E-state index contributed by atoms with van der Waals surface area (Å²) in [5.74, 6) is -0.489. The summed E-state index contributed by atoms with van der Waals surface area (Å²) in [6.07, 6.45) is 0. The molecule has 48 valence electrons. The fourth-order valence-corrected chi connectivity index (χ4v) is 1.30. The summed E-state index contributed by atoms with van der Waals surface area (Å²) in [6.45, 7) is 0. The molecule has 5 heteroatoms. The molecule has 0 spiro atoms. The maximum Gasteiger partial charge on any atom is 0.268 e. The van der Waals surface area contributed by atoms with E-state index in [0.717, 1.165) is 3.79 Å². The minimum absolute atomic E-state index is 0.312. The molecular weight excluding hydrogens is 204 g/mol. The molecule has 0 aliphatic carbocycles. The van der Waals surface area contributed by atoms with Gasteiger partial charge in [-0.15, -0.1) is 0 Å². The van der Waals surface area contributed by atoms with Gasteiger partial charge in [-0.2, -0.15) is 4.37 Å². The molecule has 0 aliphatic heterocycles. The second-order valence-electron chi connectivity index (χ2n) is 1.38. The van der Waals surface area contributed by atoms with E-state index in [2.05, 4.69) is 20.3 Å². The van der Waals surface area contributed by atoms with Crippen LogP contribution in [-0.4, -0.2) is 10.3 Å². The van der Waals surface area contributed by atoms with E-state index in [0.29, 0.717) is 5.69 Å². The first kappa shape index (κ1) is 6.70. The Hall–Kier alpha value is -0.420. The van der Waals surface area contributed by atoms with Crippen molar-refractivity contribution >= 4 is 33.4 Å². The number of carbonyl (C=O) groups is 1. The number of amides is 1. The van der Waals surface area contributed by atoms with Crippen molar-refractivity contribution in [3.8, 4) is 0 Å². The zero-order valence-corrected chi connectivity index (χ0v) is 6.70. The van der Waals surface area contributed by atoms with Gasteiger partial charge in [0, 0.05) is 0 Å². The molecule has 0 atom stereocenters. The van der Waals surface area contributed by atoms with Crippen molar-refractivity contribution in [2.75, 3.05) is 0 Å². The van der Waals surface area contributed by atoms with E-state index in [1.54, 1.807) is 6.07 Å². The average molecular weight is 207 g/mol. The summed E-state index contributed by atoms with van der Waals surface area (Å²) in [6, 6.07) is 1.59. The molecule has 0 radical (unpaired) electrons. The molecule has 9 heavy (non-hydrogen) atoms. The molecule has 0 aromatic carbocycles. The van der Waals surface area contributed by atoms with E-state index >= 15 is 0 Å². The summed E-state index contributed by atoms with van der Waals surface area (Å²) < 4.78 is 4.55. The van der Waals surface area contributed by atoms with E-state index < -0.39 is 5.91 Å². The van der Waals surface area contributed by atoms with Gasteiger partial charge in [0.05, 0.1) is 3.79 Å². The first-order valence-electron chi connectivity index (χ1n) is 2.12. The Morgan fingerprint density at radius 2 is 2.56 bits per heavy atom. The number of carbonyl (C=O) groups excluding carboxylic acids is 1.